The number of nitrogens with zero attached hydrogens (tertiary/aromatic N) is 9. The van der Waals surface area contributed by atoms with E-state index in [9.17, 15) is 0 Å². The molecule has 0 atom stereocenters. The van der Waals surface area contributed by atoms with Crippen molar-refractivity contribution in [2.75, 3.05) is 0 Å². The number of fused-ring (bicyclic) bond motifs is 20. The van der Waals surface area contributed by atoms with E-state index >= 15 is 0 Å². The fourth-order valence-corrected chi connectivity index (χ4v) is 20.8. The zero-order valence-electron chi connectivity index (χ0n) is 74.1. The van der Waals surface area contributed by atoms with Gasteiger partial charge >= 0.3 is 0 Å². The minimum absolute atomic E-state index is 0.665. The smallest absolute Gasteiger partial charge is 0.235 e. The molecule has 0 radical (unpaired) electrons. The van der Waals surface area contributed by atoms with Crippen molar-refractivity contribution in [3.8, 4) is 85.0 Å². The average molecular weight is 1740 g/mol. The minimum Gasteiger partial charge on any atom is -0.278 e. The van der Waals surface area contributed by atoms with Gasteiger partial charge in [0.2, 0.25) is 17.8 Å². The Morgan fingerprint density at radius 2 is 0.358 bits per heavy atom. The van der Waals surface area contributed by atoms with Gasteiger partial charge in [0.05, 0.1) is 66.7 Å². The third kappa shape index (κ3) is 13.7. The monoisotopic (exact) mass is 1740 g/mol. The van der Waals surface area contributed by atoms with Gasteiger partial charge in [-0.15, -0.1) is 0 Å². The first kappa shape index (κ1) is 78.4. The van der Waals surface area contributed by atoms with Crippen LogP contribution in [0.1, 0.15) is 0 Å². The fourth-order valence-electron chi connectivity index (χ4n) is 20.8. The Morgan fingerprint density at radius 3 is 0.708 bits per heavy atom. The van der Waals surface area contributed by atoms with Crippen LogP contribution in [0, 0.1) is 0 Å². The Bertz CT molecular complexity index is 10000. The molecule has 9 heteroatoms. The topological polar surface area (TPSA) is 92.1 Å². The first-order valence-corrected chi connectivity index (χ1v) is 46.6. The summed E-state index contributed by atoms with van der Waals surface area (Å²) in [5.41, 5.74) is 22.2. The average Bonchev–Trinajstić information content (AvgIpc) is 1.60. The van der Waals surface area contributed by atoms with Gasteiger partial charge in [-0.2, -0.15) is 0 Å². The molecule has 0 fully saturated rings. The van der Waals surface area contributed by atoms with E-state index in [-0.39, 0.29) is 0 Å². The summed E-state index contributed by atoms with van der Waals surface area (Å²) in [5.74, 6) is 2.00. The number of hydrogen-bond acceptors (Lipinski definition) is 6. The molecule has 6 heterocycles. The van der Waals surface area contributed by atoms with Crippen molar-refractivity contribution in [2.45, 2.75) is 0 Å². The normalized spacial score (nSPS) is 11.8. The highest BCUT2D eigenvalue weighted by atomic mass is 15.2. The Hall–Kier alpha value is -18.4. The van der Waals surface area contributed by atoms with E-state index in [4.69, 9.17) is 29.9 Å². The molecule has 137 heavy (non-hydrogen) atoms. The van der Waals surface area contributed by atoms with Crippen LogP contribution in [0.3, 0.4) is 0 Å². The molecule has 0 N–H and O–H groups in total. The highest BCUT2D eigenvalue weighted by Crippen LogP contribution is 2.44. The lowest BCUT2D eigenvalue weighted by atomic mass is 9.97. The first-order valence-electron chi connectivity index (χ1n) is 46.6. The van der Waals surface area contributed by atoms with Crippen molar-refractivity contribution in [1.82, 2.24) is 43.6 Å². The van der Waals surface area contributed by atoms with Gasteiger partial charge in [-0.3, -0.25) is 13.7 Å². The summed E-state index contributed by atoms with van der Waals surface area (Å²) in [4.78, 5) is 32.0. The molecular weight excluding hydrogens is 1660 g/mol. The van der Waals surface area contributed by atoms with Gasteiger partial charge in [0.15, 0.2) is 0 Å². The third-order valence-electron chi connectivity index (χ3n) is 27.6. The zero-order chi connectivity index (χ0) is 90.1. The molecule has 0 spiro atoms. The number of benzene rings is 23. The van der Waals surface area contributed by atoms with Crippen LogP contribution in [-0.2, 0) is 0 Å². The van der Waals surface area contributed by atoms with Crippen LogP contribution >= 0.6 is 0 Å². The van der Waals surface area contributed by atoms with Crippen molar-refractivity contribution >= 4 is 184 Å². The summed E-state index contributed by atoms with van der Waals surface area (Å²) in [6.45, 7) is 0. The van der Waals surface area contributed by atoms with Crippen LogP contribution in [-0.4, -0.2) is 43.6 Å². The van der Waals surface area contributed by atoms with Gasteiger partial charge in [0.1, 0.15) is 0 Å². The van der Waals surface area contributed by atoms with E-state index in [1.165, 1.54) is 135 Å². The van der Waals surface area contributed by atoms with Crippen molar-refractivity contribution in [3.05, 3.63) is 479 Å². The summed E-state index contributed by atoms with van der Waals surface area (Å²) in [6.07, 6.45) is 0. The number of hydrogen-bond donors (Lipinski definition) is 0. The fraction of sp³-hybridized carbons (Fsp3) is 0. The molecule has 0 bridgehead atoms. The third-order valence-corrected chi connectivity index (χ3v) is 27.6. The molecule has 0 saturated carbocycles. The van der Waals surface area contributed by atoms with Crippen molar-refractivity contribution in [2.24, 2.45) is 0 Å². The molecule has 0 aliphatic carbocycles. The standard InChI is InChI=1S/2C44H27N3.C40H25N3/c1-3-11-30-23-34(19-17-28(30)9-1)35-21-22-40-39(26-35)43(36-20-18-29-10-2-4-12-31(29)24-36)46-44(45-40)47-41-16-8-7-15-37(41)38-25-32-13-5-6-14-33(32)27-42(38)47;1-3-11-30-23-34(19-17-28(30)9-1)35-21-22-38-40(26-35)45-44(46-43(38)36-20-18-29-10-2-4-12-31(29)24-36)47-41-16-8-7-15-37(41)39-25-32-13-5-6-14-33(32)27-42(39)47;1-2-11-27(12-3-1)39-35-24-32(31-19-18-26-10-4-5-13-28(26)22-31)20-21-36(35)41-40(42-39)43-37-17-9-8-16-33(37)34-23-29-14-6-7-15-30(29)25-38(34)43/h2*1-27H;1-25H. The lowest BCUT2D eigenvalue weighted by molar-refractivity contribution is 1.01. The lowest BCUT2D eigenvalue weighted by Crippen LogP contribution is -2.03. The van der Waals surface area contributed by atoms with Gasteiger partial charge in [-0.1, -0.05) is 358 Å². The summed E-state index contributed by atoms with van der Waals surface area (Å²) in [5, 5.41) is 29.7. The highest BCUT2D eigenvalue weighted by Gasteiger charge is 2.25. The Morgan fingerprint density at radius 1 is 0.117 bits per heavy atom. The molecule has 23 aromatic carbocycles. The molecule has 6 aromatic heterocycles. The first-order chi connectivity index (χ1) is 67.8. The molecule has 0 saturated heterocycles. The van der Waals surface area contributed by atoms with E-state index < -0.39 is 0 Å². The van der Waals surface area contributed by atoms with Crippen LogP contribution in [0.4, 0.5) is 0 Å². The van der Waals surface area contributed by atoms with Crippen molar-refractivity contribution < 1.29 is 0 Å². The van der Waals surface area contributed by atoms with E-state index in [0.717, 1.165) is 116 Å². The zero-order valence-corrected chi connectivity index (χ0v) is 74.1. The maximum absolute atomic E-state index is 5.44. The van der Waals surface area contributed by atoms with Gasteiger partial charge in [-0.05, 0) is 241 Å². The number of aromatic nitrogens is 9. The van der Waals surface area contributed by atoms with Crippen LogP contribution < -0.4 is 0 Å². The van der Waals surface area contributed by atoms with Gasteiger partial charge < -0.3 is 0 Å². The lowest BCUT2D eigenvalue weighted by Gasteiger charge is -2.14. The Balaban J connectivity index is 0.000000104. The highest BCUT2D eigenvalue weighted by molar-refractivity contribution is 6.17. The predicted molar refractivity (Wildman–Crippen MR) is 574 cm³/mol. The van der Waals surface area contributed by atoms with E-state index in [1.807, 2.05) is 6.07 Å². The van der Waals surface area contributed by atoms with E-state index in [0.29, 0.717) is 17.8 Å². The maximum atomic E-state index is 5.44. The van der Waals surface area contributed by atoms with Crippen LogP contribution in [0.5, 0.6) is 0 Å². The van der Waals surface area contributed by atoms with Crippen LogP contribution in [0.2, 0.25) is 0 Å². The summed E-state index contributed by atoms with van der Waals surface area (Å²) in [7, 11) is 0. The summed E-state index contributed by atoms with van der Waals surface area (Å²) >= 11 is 0. The summed E-state index contributed by atoms with van der Waals surface area (Å²) < 4.78 is 6.70. The maximum Gasteiger partial charge on any atom is 0.235 e. The Kier molecular flexibility index (Phi) is 18.5. The molecule has 29 aromatic rings. The second-order valence-electron chi connectivity index (χ2n) is 35.7. The second-order valence-corrected chi connectivity index (χ2v) is 35.7. The predicted octanol–water partition coefficient (Wildman–Crippen LogP) is 33.4. The van der Waals surface area contributed by atoms with Gasteiger partial charge in [-0.25, -0.2) is 29.9 Å². The Labute approximate surface area is 786 Å². The SMILES string of the molecule is c1ccc(-c2nc(-n3c4ccccc4c4cc5ccccc5cc43)nc3ccc(-c4ccc5ccccc5c4)cc23)cc1.c1ccc2cc(-c3ccc4c(-c5ccc6ccccc6c5)nc(-n5c6ccccc6c6cc7ccccc7cc65)nc4c3)ccc2c1.c1ccc2cc(-c3ccc4nc(-n5c6ccccc6c6cc7ccccc7cc65)nc(-c5ccc6ccccc6c5)c4c3)ccc2c1. The van der Waals surface area contributed by atoms with E-state index in [1.54, 1.807) is 0 Å². The largest absolute Gasteiger partial charge is 0.278 e. The second kappa shape index (κ2) is 32.2. The number of para-hydroxylation sites is 3. The quantitative estimate of drug-likeness (QED) is 0.143. The van der Waals surface area contributed by atoms with Gasteiger partial charge in [0, 0.05) is 65.2 Å². The molecule has 9 nitrogen and oxygen atoms in total. The molecule has 636 valence electrons. The van der Waals surface area contributed by atoms with E-state index in [2.05, 4.69) is 487 Å². The van der Waals surface area contributed by atoms with Crippen molar-refractivity contribution in [1.29, 1.82) is 0 Å². The molecule has 29 rings (SSSR count). The van der Waals surface area contributed by atoms with Gasteiger partial charge in [0.25, 0.3) is 0 Å². The summed E-state index contributed by atoms with van der Waals surface area (Å²) in [6, 6.07) is 171. The molecule has 0 aliphatic heterocycles. The van der Waals surface area contributed by atoms with Crippen LogP contribution in [0.25, 0.3) is 269 Å². The molecule has 0 unspecified atom stereocenters. The molecular formula is C128H79N9. The molecule has 0 amide bonds. The number of rotatable bonds is 9. The molecule has 0 aliphatic rings. The minimum atomic E-state index is 0.665. The van der Waals surface area contributed by atoms with Crippen LogP contribution in [0.15, 0.2) is 479 Å². The van der Waals surface area contributed by atoms with Crippen molar-refractivity contribution in [3.63, 3.8) is 0 Å².